The maximum atomic E-state index is 12.7. The van der Waals surface area contributed by atoms with Crippen LogP contribution in [0.4, 0.5) is 5.82 Å². The van der Waals surface area contributed by atoms with Gasteiger partial charge >= 0.3 is 0 Å². The topological polar surface area (TPSA) is 84.2 Å². The van der Waals surface area contributed by atoms with Gasteiger partial charge < -0.3 is 14.7 Å². The van der Waals surface area contributed by atoms with Gasteiger partial charge in [0.05, 0.1) is 11.5 Å². The zero-order valence-corrected chi connectivity index (χ0v) is 13.7. The average molecular weight is 327 g/mol. The van der Waals surface area contributed by atoms with Crippen molar-refractivity contribution in [3.05, 3.63) is 35.6 Å². The Morgan fingerprint density at radius 3 is 2.88 bits per heavy atom. The number of piperidine rings is 1. The number of nitrogens with zero attached hydrogens (tertiary/aromatic N) is 4. The van der Waals surface area contributed by atoms with Gasteiger partial charge in [-0.05, 0) is 44.7 Å². The first-order chi connectivity index (χ1) is 11.7. The molecule has 2 aliphatic rings. The molecule has 0 radical (unpaired) electrons. The standard InChI is InChI=1S/C17H21N5O2/c1-11-19-16(24-21-11)13-3-2-8-22(10-13)17(23)12-4-7-15(18-9-12)20-14-5-6-14/h4,7,9,13-14H,2-3,5-6,8,10H2,1H3,(H,18,20)/t13-/m0/s1. The third kappa shape index (κ3) is 3.25. The molecule has 0 spiro atoms. The van der Waals surface area contributed by atoms with E-state index < -0.39 is 0 Å². The Morgan fingerprint density at radius 1 is 1.33 bits per heavy atom. The minimum absolute atomic E-state index is 0.0152. The highest BCUT2D eigenvalue weighted by molar-refractivity contribution is 5.94. The summed E-state index contributed by atoms with van der Waals surface area (Å²) in [6.07, 6.45) is 5.97. The zero-order valence-electron chi connectivity index (χ0n) is 13.7. The normalized spacial score (nSPS) is 20.9. The minimum Gasteiger partial charge on any atom is -0.367 e. The first-order valence-corrected chi connectivity index (χ1v) is 8.51. The molecule has 126 valence electrons. The van der Waals surface area contributed by atoms with E-state index in [2.05, 4.69) is 20.4 Å². The van der Waals surface area contributed by atoms with Crippen molar-refractivity contribution < 1.29 is 9.32 Å². The van der Waals surface area contributed by atoms with Crippen LogP contribution in [0.2, 0.25) is 0 Å². The van der Waals surface area contributed by atoms with Gasteiger partial charge in [-0.3, -0.25) is 4.79 Å². The molecule has 2 aromatic heterocycles. The van der Waals surface area contributed by atoms with Crippen molar-refractivity contribution in [2.75, 3.05) is 18.4 Å². The molecule has 1 aliphatic carbocycles. The SMILES string of the molecule is Cc1noc([C@H]2CCCN(C(=O)c3ccc(NC4CC4)nc3)C2)n1. The quantitative estimate of drug-likeness (QED) is 0.928. The molecule has 7 nitrogen and oxygen atoms in total. The lowest BCUT2D eigenvalue weighted by atomic mass is 9.97. The number of carbonyl (C=O) groups excluding carboxylic acids is 1. The molecule has 1 saturated carbocycles. The molecule has 1 atom stereocenters. The van der Waals surface area contributed by atoms with Crippen molar-refractivity contribution in [3.8, 4) is 0 Å². The Kier molecular flexibility index (Phi) is 3.92. The number of hydrogen-bond acceptors (Lipinski definition) is 6. The Labute approximate surface area is 140 Å². The number of hydrogen-bond donors (Lipinski definition) is 1. The smallest absolute Gasteiger partial charge is 0.255 e. The number of likely N-dealkylation sites (tertiary alicyclic amines) is 1. The molecular weight excluding hydrogens is 306 g/mol. The molecule has 0 bridgehead atoms. The highest BCUT2D eigenvalue weighted by atomic mass is 16.5. The molecule has 2 fully saturated rings. The van der Waals surface area contributed by atoms with Gasteiger partial charge in [-0.25, -0.2) is 4.98 Å². The van der Waals surface area contributed by atoms with E-state index in [1.807, 2.05) is 24.0 Å². The third-order valence-corrected chi connectivity index (χ3v) is 4.54. The van der Waals surface area contributed by atoms with Crippen LogP contribution in [0.1, 0.15) is 53.7 Å². The van der Waals surface area contributed by atoms with Crippen molar-refractivity contribution in [2.24, 2.45) is 0 Å². The van der Waals surface area contributed by atoms with Crippen LogP contribution in [0.25, 0.3) is 0 Å². The summed E-state index contributed by atoms with van der Waals surface area (Å²) < 4.78 is 5.28. The van der Waals surface area contributed by atoms with Crippen LogP contribution in [0.15, 0.2) is 22.9 Å². The molecule has 2 aromatic rings. The molecule has 1 amide bonds. The molecule has 24 heavy (non-hydrogen) atoms. The lowest BCUT2D eigenvalue weighted by Gasteiger charge is -2.31. The van der Waals surface area contributed by atoms with E-state index in [-0.39, 0.29) is 11.8 Å². The second-order valence-electron chi connectivity index (χ2n) is 6.62. The lowest BCUT2D eigenvalue weighted by molar-refractivity contribution is 0.0695. The van der Waals surface area contributed by atoms with Crippen molar-refractivity contribution in [3.63, 3.8) is 0 Å². The molecule has 7 heteroatoms. The van der Waals surface area contributed by atoms with Crippen molar-refractivity contribution in [2.45, 2.75) is 44.6 Å². The fourth-order valence-corrected chi connectivity index (χ4v) is 3.07. The van der Waals surface area contributed by atoms with Crippen molar-refractivity contribution in [1.82, 2.24) is 20.0 Å². The van der Waals surface area contributed by atoms with Crippen LogP contribution in [0.3, 0.4) is 0 Å². The fourth-order valence-electron chi connectivity index (χ4n) is 3.07. The van der Waals surface area contributed by atoms with Gasteiger partial charge in [-0.1, -0.05) is 5.16 Å². The number of aromatic nitrogens is 3. The highest BCUT2D eigenvalue weighted by Gasteiger charge is 2.29. The monoisotopic (exact) mass is 327 g/mol. The molecule has 4 rings (SSSR count). The van der Waals surface area contributed by atoms with E-state index in [1.54, 1.807) is 6.20 Å². The van der Waals surface area contributed by atoms with Gasteiger partial charge in [0, 0.05) is 25.3 Å². The number of anilines is 1. The fraction of sp³-hybridized carbons (Fsp3) is 0.529. The molecule has 1 aliphatic heterocycles. The van der Waals surface area contributed by atoms with Crippen LogP contribution >= 0.6 is 0 Å². The first kappa shape index (κ1) is 15.1. The van der Waals surface area contributed by atoms with Gasteiger partial charge in [0.2, 0.25) is 5.89 Å². The van der Waals surface area contributed by atoms with Crippen LogP contribution in [0, 0.1) is 6.92 Å². The van der Waals surface area contributed by atoms with E-state index >= 15 is 0 Å². The summed E-state index contributed by atoms with van der Waals surface area (Å²) >= 11 is 0. The van der Waals surface area contributed by atoms with Gasteiger partial charge in [0.1, 0.15) is 5.82 Å². The largest absolute Gasteiger partial charge is 0.367 e. The summed E-state index contributed by atoms with van der Waals surface area (Å²) in [7, 11) is 0. The minimum atomic E-state index is 0.0152. The first-order valence-electron chi connectivity index (χ1n) is 8.51. The Bertz CT molecular complexity index is 723. The van der Waals surface area contributed by atoms with Gasteiger partial charge in [0.25, 0.3) is 5.91 Å². The lowest BCUT2D eigenvalue weighted by Crippen LogP contribution is -2.39. The second kappa shape index (κ2) is 6.22. The summed E-state index contributed by atoms with van der Waals surface area (Å²) in [5, 5.41) is 7.18. The average Bonchev–Trinajstić information content (AvgIpc) is 3.32. The molecular formula is C17H21N5O2. The van der Waals surface area contributed by atoms with E-state index in [0.717, 1.165) is 25.2 Å². The number of aryl methyl sites for hydroxylation is 1. The maximum absolute atomic E-state index is 12.7. The van der Waals surface area contributed by atoms with Crippen LogP contribution in [-0.4, -0.2) is 45.1 Å². The molecule has 0 aromatic carbocycles. The highest BCUT2D eigenvalue weighted by Crippen LogP contribution is 2.27. The Morgan fingerprint density at radius 2 is 2.21 bits per heavy atom. The van der Waals surface area contributed by atoms with Crippen LogP contribution < -0.4 is 5.32 Å². The predicted molar refractivity (Wildman–Crippen MR) is 87.8 cm³/mol. The molecule has 1 N–H and O–H groups in total. The Balaban J connectivity index is 1.43. The van der Waals surface area contributed by atoms with Crippen LogP contribution in [-0.2, 0) is 0 Å². The van der Waals surface area contributed by atoms with Crippen LogP contribution in [0.5, 0.6) is 0 Å². The van der Waals surface area contributed by atoms with E-state index in [1.165, 1.54) is 12.8 Å². The van der Waals surface area contributed by atoms with E-state index in [4.69, 9.17) is 4.52 Å². The second-order valence-corrected chi connectivity index (χ2v) is 6.62. The van der Waals surface area contributed by atoms with Gasteiger partial charge in [-0.15, -0.1) is 0 Å². The number of nitrogens with one attached hydrogen (secondary N) is 1. The molecule has 3 heterocycles. The summed E-state index contributed by atoms with van der Waals surface area (Å²) in [6, 6.07) is 4.29. The number of carbonyl (C=O) groups is 1. The zero-order chi connectivity index (χ0) is 16.5. The van der Waals surface area contributed by atoms with Gasteiger partial charge in [-0.2, -0.15) is 4.98 Å². The number of amides is 1. The number of pyridine rings is 1. The van der Waals surface area contributed by atoms with E-state index in [9.17, 15) is 4.79 Å². The van der Waals surface area contributed by atoms with Crippen molar-refractivity contribution in [1.29, 1.82) is 0 Å². The maximum Gasteiger partial charge on any atom is 0.255 e. The third-order valence-electron chi connectivity index (χ3n) is 4.54. The van der Waals surface area contributed by atoms with Crippen molar-refractivity contribution >= 4 is 11.7 Å². The summed E-state index contributed by atoms with van der Waals surface area (Å²) in [5.41, 5.74) is 0.624. The molecule has 0 unspecified atom stereocenters. The summed E-state index contributed by atoms with van der Waals surface area (Å²) in [4.78, 5) is 23.3. The number of rotatable bonds is 4. The van der Waals surface area contributed by atoms with Gasteiger partial charge in [0.15, 0.2) is 5.82 Å². The van der Waals surface area contributed by atoms with E-state index in [0.29, 0.717) is 29.9 Å². The predicted octanol–water partition coefficient (Wildman–Crippen LogP) is 2.37. The summed E-state index contributed by atoms with van der Waals surface area (Å²) in [6.45, 7) is 3.18. The Hall–Kier alpha value is -2.44. The summed E-state index contributed by atoms with van der Waals surface area (Å²) in [5.74, 6) is 2.24. The molecule has 1 saturated heterocycles.